The number of rotatable bonds is 5. The van der Waals surface area contributed by atoms with Gasteiger partial charge >= 0.3 is 0 Å². The van der Waals surface area contributed by atoms with Crippen molar-refractivity contribution < 1.29 is 13.2 Å². The normalized spacial score (nSPS) is 18.0. The molecule has 5 nitrogen and oxygen atoms in total. The topological polar surface area (TPSA) is 66.5 Å². The Bertz CT molecular complexity index is 952. The Labute approximate surface area is 167 Å². The maximum Gasteiger partial charge on any atom is 0.255 e. The van der Waals surface area contributed by atoms with E-state index < -0.39 is 10.0 Å². The van der Waals surface area contributed by atoms with Gasteiger partial charge in [-0.25, -0.2) is 8.42 Å². The summed E-state index contributed by atoms with van der Waals surface area (Å²) in [6.45, 7) is 6.51. The highest BCUT2D eigenvalue weighted by Gasteiger charge is 2.30. The highest BCUT2D eigenvalue weighted by atomic mass is 32.2. The minimum atomic E-state index is -3.53. The van der Waals surface area contributed by atoms with Crippen LogP contribution in [0.2, 0.25) is 0 Å². The summed E-state index contributed by atoms with van der Waals surface area (Å²) in [6, 6.07) is 12.2. The lowest BCUT2D eigenvalue weighted by atomic mass is 10.1. The summed E-state index contributed by atoms with van der Waals surface area (Å²) >= 11 is 0. The standard InChI is InChI=1S/C22H28N2O3S/c1-4-18-10-7-8-16(2)21(18)23-22(25)19-11-13-20(14-12-19)28(26,27)24-15-6-5-9-17(24)3/h7-8,10-14,17H,4-6,9,15H2,1-3H3,(H,23,25)/t17-/m0/s1. The number of aryl methyl sites for hydroxylation is 2. The Morgan fingerprint density at radius 1 is 1.14 bits per heavy atom. The Morgan fingerprint density at radius 2 is 1.86 bits per heavy atom. The molecule has 0 bridgehead atoms. The first-order chi connectivity index (χ1) is 13.3. The average molecular weight is 401 g/mol. The quantitative estimate of drug-likeness (QED) is 0.810. The average Bonchev–Trinajstić information content (AvgIpc) is 2.69. The third-order valence-electron chi connectivity index (χ3n) is 5.44. The van der Waals surface area contributed by atoms with Crippen molar-refractivity contribution in [3.63, 3.8) is 0 Å². The van der Waals surface area contributed by atoms with E-state index in [0.717, 1.165) is 42.5 Å². The van der Waals surface area contributed by atoms with Crippen LogP contribution in [-0.2, 0) is 16.4 Å². The molecule has 28 heavy (non-hydrogen) atoms. The zero-order valence-corrected chi connectivity index (χ0v) is 17.6. The van der Waals surface area contributed by atoms with Gasteiger partial charge in [0.25, 0.3) is 5.91 Å². The van der Waals surface area contributed by atoms with Crippen LogP contribution in [0.3, 0.4) is 0 Å². The van der Waals surface area contributed by atoms with E-state index in [1.54, 1.807) is 16.4 Å². The number of nitrogens with zero attached hydrogens (tertiary/aromatic N) is 1. The molecule has 1 N–H and O–H groups in total. The van der Waals surface area contributed by atoms with Gasteiger partial charge in [-0.05, 0) is 68.5 Å². The van der Waals surface area contributed by atoms with Crippen LogP contribution in [-0.4, -0.2) is 31.2 Å². The van der Waals surface area contributed by atoms with Gasteiger partial charge in [0.15, 0.2) is 0 Å². The van der Waals surface area contributed by atoms with Gasteiger partial charge in [-0.3, -0.25) is 4.79 Å². The van der Waals surface area contributed by atoms with Gasteiger partial charge in [-0.1, -0.05) is 31.5 Å². The Hall–Kier alpha value is -2.18. The fourth-order valence-corrected chi connectivity index (χ4v) is 5.43. The second kappa shape index (κ2) is 8.45. The molecule has 1 saturated heterocycles. The van der Waals surface area contributed by atoms with Crippen molar-refractivity contribution in [2.45, 2.75) is 57.4 Å². The van der Waals surface area contributed by atoms with Gasteiger partial charge in [0.1, 0.15) is 0 Å². The molecule has 0 aromatic heterocycles. The summed E-state index contributed by atoms with van der Waals surface area (Å²) < 4.78 is 27.4. The molecule has 2 aromatic carbocycles. The van der Waals surface area contributed by atoms with Crippen LogP contribution in [0, 0.1) is 6.92 Å². The molecule has 0 radical (unpaired) electrons. The van der Waals surface area contributed by atoms with Gasteiger partial charge in [0.2, 0.25) is 10.0 Å². The largest absolute Gasteiger partial charge is 0.321 e. The van der Waals surface area contributed by atoms with E-state index in [2.05, 4.69) is 5.32 Å². The van der Waals surface area contributed by atoms with E-state index >= 15 is 0 Å². The minimum absolute atomic E-state index is 0.00949. The molecule has 2 aromatic rings. The van der Waals surface area contributed by atoms with Crippen LogP contribution in [0.4, 0.5) is 5.69 Å². The second-order valence-corrected chi connectivity index (χ2v) is 9.29. The molecular weight excluding hydrogens is 372 g/mol. The van der Waals surface area contributed by atoms with Crippen LogP contribution in [0.1, 0.15) is 54.6 Å². The number of para-hydroxylation sites is 1. The SMILES string of the molecule is CCc1cccc(C)c1NC(=O)c1ccc(S(=O)(=O)N2CCCC[C@@H]2C)cc1. The van der Waals surface area contributed by atoms with Gasteiger partial charge < -0.3 is 5.32 Å². The number of hydrogen-bond donors (Lipinski definition) is 1. The summed E-state index contributed by atoms with van der Waals surface area (Å²) in [6.07, 6.45) is 3.66. The van der Waals surface area contributed by atoms with Crippen molar-refractivity contribution in [1.29, 1.82) is 0 Å². The molecule has 1 heterocycles. The number of amides is 1. The molecule has 3 rings (SSSR count). The number of nitrogens with one attached hydrogen (secondary N) is 1. The third-order valence-corrected chi connectivity index (χ3v) is 7.47. The highest BCUT2D eigenvalue weighted by molar-refractivity contribution is 7.89. The van der Waals surface area contributed by atoms with E-state index in [1.165, 1.54) is 12.1 Å². The highest BCUT2D eigenvalue weighted by Crippen LogP contribution is 2.26. The predicted octanol–water partition coefficient (Wildman–Crippen LogP) is 4.37. The van der Waals surface area contributed by atoms with E-state index in [-0.39, 0.29) is 16.8 Å². The first kappa shape index (κ1) is 20.6. The zero-order valence-electron chi connectivity index (χ0n) is 16.7. The van der Waals surface area contributed by atoms with Crippen molar-refractivity contribution in [3.05, 3.63) is 59.2 Å². The first-order valence-electron chi connectivity index (χ1n) is 9.86. The van der Waals surface area contributed by atoms with Crippen molar-refractivity contribution >= 4 is 21.6 Å². The van der Waals surface area contributed by atoms with Gasteiger partial charge in [-0.2, -0.15) is 4.31 Å². The predicted molar refractivity (Wildman–Crippen MR) is 112 cm³/mol. The number of hydrogen-bond acceptors (Lipinski definition) is 3. The number of sulfonamides is 1. The molecule has 1 amide bonds. The third kappa shape index (κ3) is 4.13. The van der Waals surface area contributed by atoms with Crippen LogP contribution in [0.15, 0.2) is 47.4 Å². The lowest BCUT2D eigenvalue weighted by molar-refractivity contribution is 0.102. The monoisotopic (exact) mass is 400 g/mol. The van der Waals surface area contributed by atoms with E-state index in [0.29, 0.717) is 12.1 Å². The second-order valence-electron chi connectivity index (χ2n) is 7.40. The Kier molecular flexibility index (Phi) is 6.20. The van der Waals surface area contributed by atoms with Crippen LogP contribution in [0.5, 0.6) is 0 Å². The summed E-state index contributed by atoms with van der Waals surface area (Å²) in [7, 11) is -3.53. The summed E-state index contributed by atoms with van der Waals surface area (Å²) in [5, 5.41) is 2.98. The Morgan fingerprint density at radius 3 is 2.50 bits per heavy atom. The van der Waals surface area contributed by atoms with Crippen molar-refractivity contribution in [2.24, 2.45) is 0 Å². The van der Waals surface area contributed by atoms with Crippen molar-refractivity contribution in [2.75, 3.05) is 11.9 Å². The lowest BCUT2D eigenvalue weighted by Crippen LogP contribution is -2.41. The molecule has 0 unspecified atom stereocenters. The van der Waals surface area contributed by atoms with Crippen LogP contribution >= 0.6 is 0 Å². The molecule has 1 aliphatic rings. The van der Waals surface area contributed by atoms with E-state index in [1.807, 2.05) is 39.0 Å². The Balaban J connectivity index is 1.80. The van der Waals surface area contributed by atoms with E-state index in [9.17, 15) is 13.2 Å². The number of carbonyl (C=O) groups is 1. The zero-order chi connectivity index (χ0) is 20.3. The molecule has 150 valence electrons. The molecule has 0 aliphatic carbocycles. The molecule has 1 atom stereocenters. The molecule has 1 fully saturated rings. The van der Waals surface area contributed by atoms with Gasteiger partial charge in [0, 0.05) is 23.8 Å². The molecule has 1 aliphatic heterocycles. The number of benzene rings is 2. The lowest BCUT2D eigenvalue weighted by Gasteiger charge is -2.32. The maximum absolute atomic E-state index is 12.9. The smallest absolute Gasteiger partial charge is 0.255 e. The number of anilines is 1. The molecular formula is C22H28N2O3S. The van der Waals surface area contributed by atoms with Gasteiger partial charge in [-0.15, -0.1) is 0 Å². The van der Waals surface area contributed by atoms with Crippen molar-refractivity contribution in [1.82, 2.24) is 4.31 Å². The molecule has 6 heteroatoms. The first-order valence-corrected chi connectivity index (χ1v) is 11.3. The maximum atomic E-state index is 12.9. The van der Waals surface area contributed by atoms with Crippen LogP contribution < -0.4 is 5.32 Å². The fraction of sp³-hybridized carbons (Fsp3) is 0.409. The van der Waals surface area contributed by atoms with Crippen LogP contribution in [0.25, 0.3) is 0 Å². The summed E-state index contributed by atoms with van der Waals surface area (Å²) in [4.78, 5) is 12.9. The molecule has 0 spiro atoms. The summed E-state index contributed by atoms with van der Waals surface area (Å²) in [5.74, 6) is -0.237. The fourth-order valence-electron chi connectivity index (χ4n) is 3.73. The van der Waals surface area contributed by atoms with E-state index in [4.69, 9.17) is 0 Å². The summed E-state index contributed by atoms with van der Waals surface area (Å²) in [5.41, 5.74) is 3.35. The van der Waals surface area contributed by atoms with Gasteiger partial charge in [0.05, 0.1) is 4.90 Å². The number of carbonyl (C=O) groups excluding carboxylic acids is 1. The molecule has 0 saturated carbocycles. The minimum Gasteiger partial charge on any atom is -0.321 e. The van der Waals surface area contributed by atoms with Crippen molar-refractivity contribution in [3.8, 4) is 0 Å². The number of piperidine rings is 1.